The number of nitro groups is 1. The Hall–Kier alpha value is -2.48. The molecule has 8 heteroatoms. The van der Waals surface area contributed by atoms with E-state index in [1.807, 2.05) is 0 Å². The highest BCUT2D eigenvalue weighted by molar-refractivity contribution is 7.84. The second-order valence-electron chi connectivity index (χ2n) is 3.80. The Bertz CT molecular complexity index is 676. The topological polar surface area (TPSA) is 111 Å². The predicted octanol–water partition coefficient (Wildman–Crippen LogP) is 2.19. The summed E-state index contributed by atoms with van der Waals surface area (Å²) in [6.45, 7) is 0. The molecule has 1 heterocycles. The van der Waals surface area contributed by atoms with Crippen molar-refractivity contribution >= 4 is 22.5 Å². The molecule has 1 aromatic heterocycles. The first-order valence-electron chi connectivity index (χ1n) is 5.41. The molecule has 0 radical (unpaired) electrons. The summed E-state index contributed by atoms with van der Waals surface area (Å²) in [7, 11) is -1.54. The van der Waals surface area contributed by atoms with E-state index in [4.69, 9.17) is 9.52 Å². The fourth-order valence-electron chi connectivity index (χ4n) is 1.56. The first-order chi connectivity index (χ1) is 9.49. The molecule has 0 fully saturated rings. The van der Waals surface area contributed by atoms with Gasteiger partial charge in [0.25, 0.3) is 5.69 Å². The molecule has 20 heavy (non-hydrogen) atoms. The van der Waals surface area contributed by atoms with Crippen molar-refractivity contribution in [3.05, 3.63) is 58.0 Å². The number of nitro benzene ring substituents is 1. The van der Waals surface area contributed by atoms with E-state index in [-0.39, 0.29) is 22.8 Å². The fraction of sp³-hybridized carbons (Fsp3) is 0.0833. The van der Waals surface area contributed by atoms with E-state index in [0.29, 0.717) is 4.90 Å². The van der Waals surface area contributed by atoms with Gasteiger partial charge in [-0.1, -0.05) is 0 Å². The largest absolute Gasteiger partial charge is 0.478 e. The lowest BCUT2D eigenvalue weighted by molar-refractivity contribution is -0.384. The van der Waals surface area contributed by atoms with Gasteiger partial charge in [-0.3, -0.25) is 14.3 Å². The Labute approximate surface area is 115 Å². The average molecular weight is 295 g/mol. The molecule has 2 aromatic rings. The SMILES string of the molecule is O=C(O)c1ccoc1CS(=O)c1ccc([N+](=O)[O-])cc1. The Morgan fingerprint density at radius 1 is 1.30 bits per heavy atom. The molecular formula is C12H9NO6S. The van der Waals surface area contributed by atoms with Gasteiger partial charge in [0.15, 0.2) is 0 Å². The molecule has 0 bridgehead atoms. The van der Waals surface area contributed by atoms with Crippen molar-refractivity contribution in [1.29, 1.82) is 0 Å². The van der Waals surface area contributed by atoms with Crippen LogP contribution in [0, 0.1) is 10.1 Å². The second-order valence-corrected chi connectivity index (χ2v) is 5.25. The van der Waals surface area contributed by atoms with Gasteiger partial charge in [0.1, 0.15) is 11.3 Å². The van der Waals surface area contributed by atoms with Gasteiger partial charge in [-0.05, 0) is 18.2 Å². The zero-order chi connectivity index (χ0) is 14.7. The van der Waals surface area contributed by atoms with Crippen LogP contribution < -0.4 is 0 Å². The van der Waals surface area contributed by atoms with Crippen LogP contribution in [0.3, 0.4) is 0 Å². The lowest BCUT2D eigenvalue weighted by Crippen LogP contribution is -2.02. The second kappa shape index (κ2) is 5.66. The lowest BCUT2D eigenvalue weighted by atomic mass is 10.3. The number of hydrogen-bond donors (Lipinski definition) is 1. The monoisotopic (exact) mass is 295 g/mol. The van der Waals surface area contributed by atoms with Gasteiger partial charge in [-0.25, -0.2) is 4.79 Å². The zero-order valence-electron chi connectivity index (χ0n) is 10.0. The number of carbonyl (C=O) groups is 1. The van der Waals surface area contributed by atoms with Crippen molar-refractivity contribution in [2.45, 2.75) is 10.6 Å². The molecule has 0 amide bonds. The molecule has 1 atom stereocenters. The minimum atomic E-state index is -1.54. The van der Waals surface area contributed by atoms with Crippen molar-refractivity contribution in [1.82, 2.24) is 0 Å². The Balaban J connectivity index is 2.17. The summed E-state index contributed by atoms with van der Waals surface area (Å²) in [4.78, 5) is 21.2. The highest BCUT2D eigenvalue weighted by Crippen LogP contribution is 2.19. The first kappa shape index (κ1) is 13.9. The van der Waals surface area contributed by atoms with E-state index in [0.717, 1.165) is 0 Å². The quantitative estimate of drug-likeness (QED) is 0.668. The summed E-state index contributed by atoms with van der Waals surface area (Å²) in [6.07, 6.45) is 1.21. The summed E-state index contributed by atoms with van der Waals surface area (Å²) in [6, 6.07) is 6.51. The number of hydrogen-bond acceptors (Lipinski definition) is 5. The van der Waals surface area contributed by atoms with Crippen molar-refractivity contribution in [3.63, 3.8) is 0 Å². The minimum Gasteiger partial charge on any atom is -0.478 e. The van der Waals surface area contributed by atoms with Crippen molar-refractivity contribution < 1.29 is 23.5 Å². The molecule has 0 aliphatic heterocycles. The van der Waals surface area contributed by atoms with Crippen molar-refractivity contribution in [3.8, 4) is 0 Å². The molecule has 2 rings (SSSR count). The van der Waals surface area contributed by atoms with Gasteiger partial charge >= 0.3 is 5.97 Å². The lowest BCUT2D eigenvalue weighted by Gasteiger charge is -2.01. The maximum absolute atomic E-state index is 12.1. The molecule has 0 saturated carbocycles. The molecular weight excluding hydrogens is 286 g/mol. The molecule has 0 aliphatic carbocycles. The average Bonchev–Trinajstić information content (AvgIpc) is 2.87. The van der Waals surface area contributed by atoms with Crippen LogP contribution in [0.2, 0.25) is 0 Å². The predicted molar refractivity (Wildman–Crippen MR) is 68.9 cm³/mol. The van der Waals surface area contributed by atoms with Gasteiger partial charge in [-0.15, -0.1) is 0 Å². The van der Waals surface area contributed by atoms with Gasteiger partial charge in [0.2, 0.25) is 0 Å². The number of carboxylic acid groups (broad SMARTS) is 1. The number of aromatic carboxylic acids is 1. The summed E-state index contributed by atoms with van der Waals surface area (Å²) < 4.78 is 17.1. The molecule has 0 spiro atoms. The van der Waals surface area contributed by atoms with Crippen LogP contribution in [0.15, 0.2) is 45.9 Å². The van der Waals surface area contributed by atoms with Crippen LogP contribution in [0.1, 0.15) is 16.1 Å². The van der Waals surface area contributed by atoms with Gasteiger partial charge in [0, 0.05) is 17.0 Å². The molecule has 1 aromatic carbocycles. The molecule has 0 aliphatic rings. The summed E-state index contributed by atoms with van der Waals surface area (Å²) in [5.41, 5.74) is -0.143. The molecule has 104 valence electrons. The van der Waals surface area contributed by atoms with E-state index in [9.17, 15) is 19.1 Å². The normalized spacial score (nSPS) is 12.0. The summed E-state index contributed by atoms with van der Waals surface area (Å²) in [5.74, 6) is -1.16. The molecule has 7 nitrogen and oxygen atoms in total. The van der Waals surface area contributed by atoms with E-state index >= 15 is 0 Å². The summed E-state index contributed by atoms with van der Waals surface area (Å²) in [5, 5.41) is 19.4. The first-order valence-corrected chi connectivity index (χ1v) is 6.73. The van der Waals surface area contributed by atoms with Crippen LogP contribution in [0.25, 0.3) is 0 Å². The van der Waals surface area contributed by atoms with Gasteiger partial charge in [0.05, 0.1) is 27.7 Å². The van der Waals surface area contributed by atoms with Crippen molar-refractivity contribution in [2.24, 2.45) is 0 Å². The van der Waals surface area contributed by atoms with Crippen LogP contribution in [0.4, 0.5) is 5.69 Å². The number of rotatable bonds is 5. The fourth-order valence-corrected chi connectivity index (χ4v) is 2.63. The number of non-ortho nitro benzene ring substituents is 1. The van der Waals surface area contributed by atoms with E-state index in [1.165, 1.54) is 36.6 Å². The summed E-state index contributed by atoms with van der Waals surface area (Å²) >= 11 is 0. The Morgan fingerprint density at radius 2 is 1.95 bits per heavy atom. The van der Waals surface area contributed by atoms with E-state index in [2.05, 4.69) is 0 Å². The number of furan rings is 1. The maximum atomic E-state index is 12.1. The highest BCUT2D eigenvalue weighted by Gasteiger charge is 2.17. The van der Waals surface area contributed by atoms with Gasteiger partial charge in [-0.2, -0.15) is 0 Å². The molecule has 0 saturated heterocycles. The number of carboxylic acids is 1. The van der Waals surface area contributed by atoms with Crippen LogP contribution in [0.5, 0.6) is 0 Å². The Morgan fingerprint density at radius 3 is 2.50 bits per heavy atom. The number of benzene rings is 1. The minimum absolute atomic E-state index is 0.0414. The zero-order valence-corrected chi connectivity index (χ0v) is 10.8. The van der Waals surface area contributed by atoms with Crippen LogP contribution >= 0.6 is 0 Å². The third-order valence-corrected chi connectivity index (χ3v) is 3.87. The maximum Gasteiger partial charge on any atom is 0.339 e. The smallest absolute Gasteiger partial charge is 0.339 e. The number of nitrogens with zero attached hydrogens (tertiary/aromatic N) is 1. The van der Waals surface area contributed by atoms with Crippen molar-refractivity contribution in [2.75, 3.05) is 0 Å². The third-order valence-electron chi connectivity index (χ3n) is 2.55. The van der Waals surface area contributed by atoms with E-state index in [1.54, 1.807) is 0 Å². The highest BCUT2D eigenvalue weighted by atomic mass is 32.2. The third kappa shape index (κ3) is 2.91. The Kier molecular flexibility index (Phi) is 3.94. The van der Waals surface area contributed by atoms with Gasteiger partial charge < -0.3 is 9.52 Å². The molecule has 1 unspecified atom stereocenters. The standard InChI is InChI=1S/C12H9NO6S/c14-12(15)10-5-6-19-11(10)7-20(18)9-3-1-8(2-4-9)13(16)17/h1-6H,7H2,(H,14,15). The molecule has 1 N–H and O–H groups in total. The van der Waals surface area contributed by atoms with Crippen LogP contribution in [-0.2, 0) is 16.6 Å². The van der Waals surface area contributed by atoms with Crippen LogP contribution in [-0.4, -0.2) is 20.2 Å². The van der Waals surface area contributed by atoms with E-state index < -0.39 is 21.7 Å².